The lowest BCUT2D eigenvalue weighted by Gasteiger charge is -2.00. The fraction of sp³-hybridized carbons (Fsp3) is 0. The molecule has 1 heterocycles. The predicted molar refractivity (Wildman–Crippen MR) is 80.1 cm³/mol. The van der Waals surface area contributed by atoms with Crippen LogP contribution in [0.1, 0.15) is 11.1 Å². The van der Waals surface area contributed by atoms with Crippen LogP contribution < -0.4 is 0 Å². The minimum atomic E-state index is -0.544. The van der Waals surface area contributed by atoms with Gasteiger partial charge in [-0.2, -0.15) is 0 Å². The van der Waals surface area contributed by atoms with E-state index in [2.05, 4.69) is 5.16 Å². The standard InChI is InChI=1S/C16H10N2O4/c19-16-14(10-11-4-2-1-3-5-11)15(17-22-16)12-6-8-13(9-7-12)18(20)21/h1-10H/b14-10-. The molecule has 0 saturated heterocycles. The van der Waals surface area contributed by atoms with Gasteiger partial charge in [0.25, 0.3) is 5.69 Å². The van der Waals surface area contributed by atoms with Gasteiger partial charge >= 0.3 is 5.97 Å². The molecule has 6 nitrogen and oxygen atoms in total. The minimum absolute atomic E-state index is 0.0248. The molecule has 1 aliphatic rings. The number of carbonyl (C=O) groups is 1. The van der Waals surface area contributed by atoms with Crippen LogP contribution in [0.5, 0.6) is 0 Å². The predicted octanol–water partition coefficient (Wildman–Crippen LogP) is 2.94. The normalized spacial score (nSPS) is 15.5. The van der Waals surface area contributed by atoms with Crippen LogP contribution in [0.4, 0.5) is 5.69 Å². The molecule has 0 unspecified atom stereocenters. The highest BCUT2D eigenvalue weighted by Crippen LogP contribution is 2.22. The molecular weight excluding hydrogens is 284 g/mol. The lowest BCUT2D eigenvalue weighted by atomic mass is 10.0. The highest BCUT2D eigenvalue weighted by atomic mass is 16.7. The van der Waals surface area contributed by atoms with Crippen LogP contribution in [-0.4, -0.2) is 16.6 Å². The molecule has 1 aliphatic heterocycles. The number of hydrogen-bond acceptors (Lipinski definition) is 5. The Hall–Kier alpha value is -3.28. The summed E-state index contributed by atoms with van der Waals surface area (Å²) in [5.74, 6) is -0.544. The van der Waals surface area contributed by atoms with Gasteiger partial charge in [-0.1, -0.05) is 35.5 Å². The van der Waals surface area contributed by atoms with Crippen molar-refractivity contribution in [1.29, 1.82) is 0 Å². The molecule has 22 heavy (non-hydrogen) atoms. The summed E-state index contributed by atoms with van der Waals surface area (Å²) in [7, 11) is 0. The largest absolute Gasteiger partial charge is 0.368 e. The topological polar surface area (TPSA) is 81.8 Å². The number of nitrogens with zero attached hydrogens (tertiary/aromatic N) is 2. The van der Waals surface area contributed by atoms with E-state index in [1.165, 1.54) is 24.3 Å². The van der Waals surface area contributed by atoms with Gasteiger partial charge in [-0.15, -0.1) is 0 Å². The second-order valence-corrected chi connectivity index (χ2v) is 4.59. The van der Waals surface area contributed by atoms with Crippen LogP contribution >= 0.6 is 0 Å². The van der Waals surface area contributed by atoms with Crippen molar-refractivity contribution in [1.82, 2.24) is 0 Å². The molecule has 0 saturated carbocycles. The maximum absolute atomic E-state index is 11.8. The zero-order valence-electron chi connectivity index (χ0n) is 11.3. The average molecular weight is 294 g/mol. The molecule has 3 rings (SSSR count). The van der Waals surface area contributed by atoms with Crippen LogP contribution in [0, 0.1) is 10.1 Å². The first-order valence-corrected chi connectivity index (χ1v) is 6.46. The molecule has 0 bridgehead atoms. The highest BCUT2D eigenvalue weighted by molar-refractivity contribution is 6.31. The Morgan fingerprint density at radius 3 is 2.36 bits per heavy atom. The van der Waals surface area contributed by atoms with E-state index in [0.29, 0.717) is 16.8 Å². The molecule has 0 aromatic heterocycles. The summed E-state index contributed by atoms with van der Waals surface area (Å²) < 4.78 is 0. The summed E-state index contributed by atoms with van der Waals surface area (Å²) in [5.41, 5.74) is 2.08. The first kappa shape index (κ1) is 13.7. The Balaban J connectivity index is 1.97. The fourth-order valence-electron chi connectivity index (χ4n) is 2.07. The summed E-state index contributed by atoms with van der Waals surface area (Å²) in [6.07, 6.45) is 1.68. The Kier molecular flexibility index (Phi) is 3.49. The quantitative estimate of drug-likeness (QED) is 0.377. The molecule has 0 spiro atoms. The lowest BCUT2D eigenvalue weighted by molar-refractivity contribution is -0.384. The number of nitro groups is 1. The second kappa shape index (κ2) is 5.61. The van der Waals surface area contributed by atoms with Gasteiger partial charge in [0.2, 0.25) is 0 Å². The Morgan fingerprint density at radius 1 is 1.05 bits per heavy atom. The van der Waals surface area contributed by atoms with Crippen molar-refractivity contribution in [3.8, 4) is 0 Å². The van der Waals surface area contributed by atoms with Crippen molar-refractivity contribution in [2.45, 2.75) is 0 Å². The van der Waals surface area contributed by atoms with E-state index in [1.54, 1.807) is 6.08 Å². The third-order valence-corrected chi connectivity index (χ3v) is 3.16. The number of non-ortho nitro benzene ring substituents is 1. The maximum atomic E-state index is 11.8. The number of hydrogen-bond donors (Lipinski definition) is 0. The Labute approximate surface area is 125 Å². The fourth-order valence-corrected chi connectivity index (χ4v) is 2.07. The maximum Gasteiger partial charge on any atom is 0.368 e. The highest BCUT2D eigenvalue weighted by Gasteiger charge is 2.27. The molecular formula is C16H10N2O4. The summed E-state index contributed by atoms with van der Waals surface area (Å²) in [5, 5.41) is 14.4. The van der Waals surface area contributed by atoms with Gasteiger partial charge in [-0.25, -0.2) is 4.79 Å². The molecule has 0 atom stereocenters. The van der Waals surface area contributed by atoms with Crippen LogP contribution in [0.25, 0.3) is 6.08 Å². The molecule has 0 fully saturated rings. The molecule has 6 heteroatoms. The van der Waals surface area contributed by atoms with Crippen molar-refractivity contribution in [2.24, 2.45) is 5.16 Å². The monoisotopic (exact) mass is 294 g/mol. The molecule has 0 aliphatic carbocycles. The molecule has 2 aromatic rings. The van der Waals surface area contributed by atoms with Crippen molar-refractivity contribution in [3.63, 3.8) is 0 Å². The number of rotatable bonds is 3. The van der Waals surface area contributed by atoms with Crippen molar-refractivity contribution in [2.75, 3.05) is 0 Å². The molecule has 0 N–H and O–H groups in total. The molecule has 0 radical (unpaired) electrons. The minimum Gasteiger partial charge on any atom is -0.312 e. The van der Waals surface area contributed by atoms with Gasteiger partial charge < -0.3 is 4.84 Å². The van der Waals surface area contributed by atoms with Crippen LogP contribution in [0.15, 0.2) is 65.3 Å². The number of nitro benzene ring substituents is 1. The smallest absolute Gasteiger partial charge is 0.312 e. The zero-order chi connectivity index (χ0) is 15.5. The van der Waals surface area contributed by atoms with Crippen molar-refractivity contribution in [3.05, 3.63) is 81.4 Å². The van der Waals surface area contributed by atoms with Gasteiger partial charge in [-0.3, -0.25) is 10.1 Å². The van der Waals surface area contributed by atoms with Crippen molar-refractivity contribution < 1.29 is 14.6 Å². The number of benzene rings is 2. The number of oxime groups is 1. The summed E-state index contributed by atoms with van der Waals surface area (Å²) in [6, 6.07) is 15.1. The SMILES string of the molecule is O=C1ON=C(c2ccc([N+](=O)[O-])cc2)/C1=C/c1ccccc1. The summed E-state index contributed by atoms with van der Waals surface area (Å²) >= 11 is 0. The van der Waals surface area contributed by atoms with E-state index in [9.17, 15) is 14.9 Å². The summed E-state index contributed by atoms with van der Waals surface area (Å²) in [4.78, 5) is 26.7. The van der Waals surface area contributed by atoms with E-state index >= 15 is 0 Å². The third kappa shape index (κ3) is 2.62. The van der Waals surface area contributed by atoms with Crippen LogP contribution in [-0.2, 0) is 9.63 Å². The molecule has 0 amide bonds. The third-order valence-electron chi connectivity index (χ3n) is 3.16. The Bertz CT molecular complexity index is 793. The Morgan fingerprint density at radius 2 is 1.73 bits per heavy atom. The number of carbonyl (C=O) groups excluding carboxylic acids is 1. The van der Waals surface area contributed by atoms with Gasteiger partial charge in [-0.05, 0) is 23.8 Å². The first-order valence-electron chi connectivity index (χ1n) is 6.46. The average Bonchev–Trinajstić information content (AvgIpc) is 2.89. The second-order valence-electron chi connectivity index (χ2n) is 4.59. The van der Waals surface area contributed by atoms with E-state index < -0.39 is 10.9 Å². The van der Waals surface area contributed by atoms with E-state index in [1.807, 2.05) is 30.3 Å². The van der Waals surface area contributed by atoms with Gasteiger partial charge in [0, 0.05) is 17.7 Å². The first-order chi connectivity index (χ1) is 10.6. The summed E-state index contributed by atoms with van der Waals surface area (Å²) in [6.45, 7) is 0. The molecule has 108 valence electrons. The van der Waals surface area contributed by atoms with Crippen LogP contribution in [0.2, 0.25) is 0 Å². The van der Waals surface area contributed by atoms with Gasteiger partial charge in [0.1, 0.15) is 5.71 Å². The van der Waals surface area contributed by atoms with Crippen molar-refractivity contribution >= 4 is 23.4 Å². The lowest BCUT2D eigenvalue weighted by Crippen LogP contribution is -2.06. The van der Waals surface area contributed by atoms with Crippen LogP contribution in [0.3, 0.4) is 0 Å². The molecule has 2 aromatic carbocycles. The van der Waals surface area contributed by atoms with Gasteiger partial charge in [0.05, 0.1) is 10.5 Å². The van der Waals surface area contributed by atoms with E-state index in [-0.39, 0.29) is 5.69 Å². The zero-order valence-corrected chi connectivity index (χ0v) is 11.3. The van der Waals surface area contributed by atoms with E-state index in [0.717, 1.165) is 5.56 Å². The van der Waals surface area contributed by atoms with E-state index in [4.69, 9.17) is 4.84 Å². The van der Waals surface area contributed by atoms with Gasteiger partial charge in [0.15, 0.2) is 0 Å².